The van der Waals surface area contributed by atoms with E-state index in [4.69, 9.17) is 34.0 Å². The molecule has 8 nitrogen and oxygen atoms in total. The van der Waals surface area contributed by atoms with Gasteiger partial charge in [-0.2, -0.15) is 5.26 Å². The predicted octanol–water partition coefficient (Wildman–Crippen LogP) is 7.12. The van der Waals surface area contributed by atoms with Crippen LogP contribution in [0.2, 0.25) is 5.02 Å². The van der Waals surface area contributed by atoms with Crippen molar-refractivity contribution in [3.05, 3.63) is 89.0 Å². The molecule has 0 unspecified atom stereocenters. The van der Waals surface area contributed by atoms with Crippen molar-refractivity contribution in [2.45, 2.75) is 0 Å². The number of benzene rings is 1. The molecule has 0 radical (unpaired) electrons. The highest BCUT2D eigenvalue weighted by atomic mass is 35.5. The van der Waals surface area contributed by atoms with Crippen LogP contribution in [0, 0.1) is 11.3 Å². The fraction of sp³-hybridized carbons (Fsp3) is 0.0385. The molecule has 0 atom stereocenters. The molecule has 35 heavy (non-hydrogen) atoms. The molecule has 0 amide bonds. The number of rotatable bonds is 6. The maximum Gasteiger partial charge on any atom is 0.339 e. The van der Waals surface area contributed by atoms with Gasteiger partial charge in [-0.15, -0.1) is 0 Å². The van der Waals surface area contributed by atoms with Gasteiger partial charge in [0.1, 0.15) is 28.9 Å². The van der Waals surface area contributed by atoms with Crippen LogP contribution in [0.1, 0.15) is 21.7 Å². The number of halogens is 1. The van der Waals surface area contributed by atoms with Crippen molar-refractivity contribution in [1.82, 2.24) is 0 Å². The maximum absolute atomic E-state index is 11.9. The number of hydrogen-bond acceptors (Lipinski definition) is 8. The van der Waals surface area contributed by atoms with E-state index < -0.39 is 5.97 Å². The summed E-state index contributed by atoms with van der Waals surface area (Å²) in [4.78, 5) is 16.3. The smallest absolute Gasteiger partial charge is 0.339 e. The molecule has 0 saturated heterocycles. The molecular formula is C26H15ClN2O6. The molecule has 0 saturated carbocycles. The fourth-order valence-electron chi connectivity index (χ4n) is 3.50. The molecule has 9 heteroatoms. The van der Waals surface area contributed by atoms with Crippen molar-refractivity contribution in [3.63, 3.8) is 0 Å². The standard InChI is InChI=1S/C26H15ClN2O6/c1-31-26(30)17-12-15(6-8-19(17)27)20-9-7-16(34-20)14-29-25-18(13-28)23(21-4-2-10-32-21)24(35-25)22-5-3-11-33-22/h2-12,14H,1H3. The summed E-state index contributed by atoms with van der Waals surface area (Å²) in [5.41, 5.74) is 1.49. The number of methoxy groups -OCH3 is 1. The molecule has 0 N–H and O–H groups in total. The third-order valence-corrected chi connectivity index (χ3v) is 5.44. The lowest BCUT2D eigenvalue weighted by Crippen LogP contribution is -2.02. The topological polar surface area (TPSA) is 115 Å². The molecule has 0 bridgehead atoms. The number of furan rings is 4. The fourth-order valence-corrected chi connectivity index (χ4v) is 3.69. The van der Waals surface area contributed by atoms with Gasteiger partial charge in [0, 0.05) is 5.56 Å². The van der Waals surface area contributed by atoms with Gasteiger partial charge in [-0.25, -0.2) is 9.79 Å². The molecule has 1 aromatic carbocycles. The Balaban J connectivity index is 1.50. The van der Waals surface area contributed by atoms with E-state index in [1.165, 1.54) is 25.9 Å². The van der Waals surface area contributed by atoms with E-state index in [1.54, 1.807) is 54.6 Å². The molecule has 172 valence electrons. The molecule has 0 fully saturated rings. The van der Waals surface area contributed by atoms with Crippen LogP contribution in [0.15, 0.2) is 89.8 Å². The number of hydrogen-bond donors (Lipinski definition) is 0. The molecular weight excluding hydrogens is 472 g/mol. The largest absolute Gasteiger partial charge is 0.465 e. The Morgan fingerprint density at radius 1 is 1.03 bits per heavy atom. The van der Waals surface area contributed by atoms with Crippen LogP contribution in [0.4, 0.5) is 5.88 Å². The lowest BCUT2D eigenvalue weighted by atomic mass is 10.1. The first-order valence-electron chi connectivity index (χ1n) is 10.3. The second-order valence-corrected chi connectivity index (χ2v) is 7.61. The first-order valence-corrected chi connectivity index (χ1v) is 10.6. The van der Waals surface area contributed by atoms with Crippen LogP contribution in [-0.4, -0.2) is 19.3 Å². The average Bonchev–Trinajstić information content (AvgIpc) is 3.68. The van der Waals surface area contributed by atoms with E-state index in [1.807, 2.05) is 0 Å². The van der Waals surface area contributed by atoms with Crippen molar-refractivity contribution in [3.8, 4) is 40.2 Å². The Morgan fingerprint density at radius 2 is 1.80 bits per heavy atom. The quantitative estimate of drug-likeness (QED) is 0.185. The number of nitrogens with zero attached hydrogens (tertiary/aromatic N) is 2. The van der Waals surface area contributed by atoms with Crippen LogP contribution in [-0.2, 0) is 4.74 Å². The minimum Gasteiger partial charge on any atom is -0.465 e. The summed E-state index contributed by atoms with van der Waals surface area (Å²) in [7, 11) is 1.28. The van der Waals surface area contributed by atoms with Crippen LogP contribution in [0.5, 0.6) is 0 Å². The third-order valence-electron chi connectivity index (χ3n) is 5.11. The molecule has 0 aliphatic heterocycles. The molecule has 0 spiro atoms. The molecule has 4 aromatic heterocycles. The van der Waals surface area contributed by atoms with Gasteiger partial charge in [0.25, 0.3) is 0 Å². The zero-order valence-corrected chi connectivity index (χ0v) is 18.9. The van der Waals surface area contributed by atoms with E-state index in [0.717, 1.165) is 0 Å². The number of esters is 1. The van der Waals surface area contributed by atoms with Crippen molar-refractivity contribution in [2.75, 3.05) is 7.11 Å². The van der Waals surface area contributed by atoms with Crippen molar-refractivity contribution < 1.29 is 27.2 Å². The zero-order valence-electron chi connectivity index (χ0n) is 18.2. The van der Waals surface area contributed by atoms with Gasteiger partial charge in [-0.05, 0) is 54.6 Å². The summed E-state index contributed by atoms with van der Waals surface area (Å²) < 4.78 is 27.5. The molecule has 0 aliphatic rings. The van der Waals surface area contributed by atoms with E-state index in [0.29, 0.717) is 39.9 Å². The van der Waals surface area contributed by atoms with Gasteiger partial charge in [-0.1, -0.05) is 11.6 Å². The number of aliphatic imine (C=N–C) groups is 1. The maximum atomic E-state index is 11.9. The van der Waals surface area contributed by atoms with Gasteiger partial charge in [-0.3, -0.25) is 0 Å². The Hall–Kier alpha value is -4.74. The Bertz CT molecular complexity index is 1570. The number of carbonyl (C=O) groups is 1. The summed E-state index contributed by atoms with van der Waals surface area (Å²) in [6, 6.07) is 17.3. The van der Waals surface area contributed by atoms with E-state index in [-0.39, 0.29) is 22.0 Å². The van der Waals surface area contributed by atoms with Crippen molar-refractivity contribution in [2.24, 2.45) is 4.99 Å². The van der Waals surface area contributed by atoms with Crippen LogP contribution in [0.3, 0.4) is 0 Å². The van der Waals surface area contributed by atoms with Gasteiger partial charge in [0.15, 0.2) is 11.5 Å². The Morgan fingerprint density at radius 3 is 2.49 bits per heavy atom. The molecule has 5 rings (SSSR count). The monoisotopic (exact) mass is 486 g/mol. The third kappa shape index (κ3) is 4.16. The highest BCUT2D eigenvalue weighted by Crippen LogP contribution is 2.42. The molecule has 0 aliphatic carbocycles. The summed E-state index contributed by atoms with van der Waals surface area (Å²) in [6.07, 6.45) is 4.44. The highest BCUT2D eigenvalue weighted by molar-refractivity contribution is 6.33. The van der Waals surface area contributed by atoms with Gasteiger partial charge in [0.05, 0.1) is 42.0 Å². The highest BCUT2D eigenvalue weighted by Gasteiger charge is 2.26. The lowest BCUT2D eigenvalue weighted by molar-refractivity contribution is 0.0601. The normalized spacial score (nSPS) is 11.1. The molecule has 5 aromatic rings. The first kappa shape index (κ1) is 22.1. The molecule has 4 heterocycles. The second kappa shape index (κ2) is 9.25. The Labute approximate surface area is 203 Å². The summed E-state index contributed by atoms with van der Waals surface area (Å²) in [5.74, 6) is 1.61. The lowest BCUT2D eigenvalue weighted by Gasteiger charge is -2.04. The minimum absolute atomic E-state index is 0.0720. The minimum atomic E-state index is -0.549. The number of nitriles is 1. The van der Waals surface area contributed by atoms with Gasteiger partial charge >= 0.3 is 5.97 Å². The first-order chi connectivity index (χ1) is 17.1. The second-order valence-electron chi connectivity index (χ2n) is 7.20. The van der Waals surface area contributed by atoms with Crippen LogP contribution >= 0.6 is 11.6 Å². The predicted molar refractivity (Wildman–Crippen MR) is 127 cm³/mol. The summed E-state index contributed by atoms with van der Waals surface area (Å²) >= 11 is 6.09. The van der Waals surface area contributed by atoms with E-state index in [2.05, 4.69) is 11.1 Å². The van der Waals surface area contributed by atoms with Gasteiger partial charge < -0.3 is 22.4 Å². The number of carbonyl (C=O) groups excluding carboxylic acids is 1. The van der Waals surface area contributed by atoms with Crippen molar-refractivity contribution in [1.29, 1.82) is 5.26 Å². The zero-order chi connectivity index (χ0) is 24.4. The summed E-state index contributed by atoms with van der Waals surface area (Å²) in [6.45, 7) is 0. The number of ether oxygens (including phenoxy) is 1. The van der Waals surface area contributed by atoms with Crippen LogP contribution in [0.25, 0.3) is 34.2 Å². The SMILES string of the molecule is COC(=O)c1cc(-c2ccc(C=Nc3oc(-c4ccco4)c(-c4ccco4)c3C#N)o2)ccc1Cl. The Kier molecular flexibility index (Phi) is 5.83. The van der Waals surface area contributed by atoms with E-state index in [9.17, 15) is 10.1 Å². The summed E-state index contributed by atoms with van der Waals surface area (Å²) in [5, 5.41) is 10.1. The van der Waals surface area contributed by atoms with Gasteiger partial charge in [0.2, 0.25) is 5.88 Å². The van der Waals surface area contributed by atoms with E-state index >= 15 is 0 Å². The van der Waals surface area contributed by atoms with Crippen LogP contribution < -0.4 is 0 Å². The van der Waals surface area contributed by atoms with Crippen molar-refractivity contribution >= 4 is 29.7 Å². The average molecular weight is 487 g/mol.